The Morgan fingerprint density at radius 3 is 2.40 bits per heavy atom. The van der Waals surface area contributed by atoms with Crippen LogP contribution in [0.15, 0.2) is 42.0 Å². The van der Waals surface area contributed by atoms with Crippen LogP contribution in [-0.4, -0.2) is 11.6 Å². The van der Waals surface area contributed by atoms with Crippen LogP contribution in [0.4, 0.5) is 0 Å². The lowest BCUT2D eigenvalue weighted by atomic mass is 9.82. The second kappa shape index (κ2) is 5.30. The molecular formula is C21H14Cl2O2. The molecule has 3 aliphatic rings. The van der Waals surface area contributed by atoms with Gasteiger partial charge in [0.1, 0.15) is 0 Å². The molecular weight excluding hydrogens is 355 g/mol. The van der Waals surface area contributed by atoms with E-state index in [2.05, 4.69) is 0 Å². The van der Waals surface area contributed by atoms with E-state index in [0.29, 0.717) is 21.2 Å². The molecule has 0 N–H and O–H groups in total. The molecule has 4 heteroatoms. The molecule has 124 valence electrons. The largest absolute Gasteiger partial charge is 0.294 e. The Balaban J connectivity index is 1.70. The monoisotopic (exact) mass is 368 g/mol. The maximum Gasteiger partial charge on any atom is 0.190 e. The molecule has 2 atom stereocenters. The van der Waals surface area contributed by atoms with Crippen LogP contribution in [0.5, 0.6) is 0 Å². The highest BCUT2D eigenvalue weighted by Crippen LogP contribution is 2.51. The Hall–Kier alpha value is -1.90. The zero-order valence-electron chi connectivity index (χ0n) is 13.3. The van der Waals surface area contributed by atoms with Gasteiger partial charge in [0.05, 0.1) is 0 Å². The molecule has 0 aliphatic heterocycles. The highest BCUT2D eigenvalue weighted by Gasteiger charge is 2.47. The van der Waals surface area contributed by atoms with Crippen molar-refractivity contribution >= 4 is 40.3 Å². The summed E-state index contributed by atoms with van der Waals surface area (Å²) in [6, 6.07) is 11.0. The quantitative estimate of drug-likeness (QED) is 0.655. The third-order valence-electron chi connectivity index (χ3n) is 5.75. The molecule has 5 rings (SSSR count). The number of fused-ring (bicyclic) bond motifs is 5. The van der Waals surface area contributed by atoms with Crippen molar-refractivity contribution in [3.8, 4) is 11.1 Å². The smallest absolute Gasteiger partial charge is 0.190 e. The fraction of sp³-hybridized carbons (Fsp3) is 0.238. The van der Waals surface area contributed by atoms with Gasteiger partial charge in [-0.1, -0.05) is 35.3 Å². The summed E-state index contributed by atoms with van der Waals surface area (Å²) in [7, 11) is 0. The summed E-state index contributed by atoms with van der Waals surface area (Å²) in [5.74, 6) is 0.526. The molecule has 2 nitrogen and oxygen atoms in total. The molecule has 0 saturated heterocycles. The Bertz CT molecular complexity index is 1000. The van der Waals surface area contributed by atoms with Crippen LogP contribution in [0.25, 0.3) is 16.7 Å². The maximum atomic E-state index is 12.9. The van der Waals surface area contributed by atoms with E-state index in [0.717, 1.165) is 41.5 Å². The summed E-state index contributed by atoms with van der Waals surface area (Å²) in [6.45, 7) is 0. The average Bonchev–Trinajstić information content (AvgIpc) is 3.14. The fourth-order valence-electron chi connectivity index (χ4n) is 4.58. The molecule has 1 fully saturated rings. The second-order valence-electron chi connectivity index (χ2n) is 7.07. The molecule has 0 spiro atoms. The van der Waals surface area contributed by atoms with Crippen LogP contribution >= 0.6 is 23.2 Å². The Morgan fingerprint density at radius 2 is 1.60 bits per heavy atom. The van der Waals surface area contributed by atoms with Gasteiger partial charge < -0.3 is 0 Å². The van der Waals surface area contributed by atoms with E-state index in [1.807, 2.05) is 24.3 Å². The van der Waals surface area contributed by atoms with Crippen molar-refractivity contribution < 1.29 is 9.59 Å². The highest BCUT2D eigenvalue weighted by molar-refractivity contribution is 6.38. The fourth-order valence-corrected chi connectivity index (χ4v) is 5.10. The summed E-state index contributed by atoms with van der Waals surface area (Å²) in [4.78, 5) is 25.7. The Kier molecular flexibility index (Phi) is 3.25. The molecule has 0 heterocycles. The van der Waals surface area contributed by atoms with Gasteiger partial charge in [-0.25, -0.2) is 0 Å². The van der Waals surface area contributed by atoms with Gasteiger partial charge in [-0.2, -0.15) is 0 Å². The van der Waals surface area contributed by atoms with Gasteiger partial charge >= 0.3 is 0 Å². The molecule has 0 unspecified atom stereocenters. The van der Waals surface area contributed by atoms with Crippen LogP contribution in [0.2, 0.25) is 10.0 Å². The van der Waals surface area contributed by atoms with E-state index in [1.165, 1.54) is 0 Å². The van der Waals surface area contributed by atoms with Crippen molar-refractivity contribution in [3.63, 3.8) is 0 Å². The lowest BCUT2D eigenvalue weighted by Crippen LogP contribution is -2.20. The summed E-state index contributed by atoms with van der Waals surface area (Å²) >= 11 is 12.3. The third-order valence-corrected chi connectivity index (χ3v) is 6.30. The normalized spacial score (nSPS) is 23.9. The first-order valence-electron chi connectivity index (χ1n) is 8.47. The van der Waals surface area contributed by atoms with Crippen molar-refractivity contribution in [1.82, 2.24) is 0 Å². The number of rotatable bonds is 1. The standard InChI is InChI=1S/C21H14Cl2O2/c22-13-4-6-14(17(23)9-13)10-3-5-15-16(8-10)19-18(21(15)25)11-1-2-12(7-11)20(19)24/h3-6,8-9,11-12H,1-2,7H2/t11-,12+/m0/s1. The SMILES string of the molecule is O=C1C2=C(C(=O)[C@@H]3CC[C@H]2C3)c2cc(-c3ccc(Cl)cc3Cl)ccc21. The maximum absolute atomic E-state index is 12.9. The number of ketones is 2. The van der Waals surface area contributed by atoms with Crippen molar-refractivity contribution in [3.05, 3.63) is 63.1 Å². The van der Waals surface area contributed by atoms with Crippen molar-refractivity contribution in [2.45, 2.75) is 19.3 Å². The van der Waals surface area contributed by atoms with Crippen LogP contribution in [-0.2, 0) is 4.79 Å². The van der Waals surface area contributed by atoms with Gasteiger partial charge in [0.25, 0.3) is 0 Å². The summed E-state index contributed by atoms with van der Waals surface area (Å²) in [5.41, 5.74) is 4.61. The molecule has 2 aromatic carbocycles. The zero-order chi connectivity index (χ0) is 17.3. The van der Waals surface area contributed by atoms with Gasteiger partial charge in [0.2, 0.25) is 0 Å². The first-order valence-corrected chi connectivity index (χ1v) is 9.23. The number of allylic oxidation sites excluding steroid dienone is 2. The predicted octanol–water partition coefficient (Wildman–Crippen LogP) is 5.61. The van der Waals surface area contributed by atoms with Gasteiger partial charge in [0, 0.05) is 38.2 Å². The zero-order valence-corrected chi connectivity index (χ0v) is 14.8. The lowest BCUT2D eigenvalue weighted by Gasteiger charge is -2.20. The van der Waals surface area contributed by atoms with E-state index in [4.69, 9.17) is 23.2 Å². The van der Waals surface area contributed by atoms with Crippen molar-refractivity contribution in [2.24, 2.45) is 11.8 Å². The van der Waals surface area contributed by atoms with Crippen LogP contribution in [0.3, 0.4) is 0 Å². The highest BCUT2D eigenvalue weighted by atomic mass is 35.5. The molecule has 2 bridgehead atoms. The number of benzene rings is 2. The van der Waals surface area contributed by atoms with Crippen LogP contribution in [0, 0.1) is 11.8 Å². The summed E-state index contributed by atoms with van der Waals surface area (Å²) in [6.07, 6.45) is 2.69. The van der Waals surface area contributed by atoms with Gasteiger partial charge in [0.15, 0.2) is 11.6 Å². The number of hydrogen-bond donors (Lipinski definition) is 0. The van der Waals surface area contributed by atoms with E-state index in [9.17, 15) is 9.59 Å². The van der Waals surface area contributed by atoms with E-state index < -0.39 is 0 Å². The number of carbonyl (C=O) groups excluding carboxylic acids is 2. The first kappa shape index (κ1) is 15.4. The first-order chi connectivity index (χ1) is 12.0. The molecule has 2 aromatic rings. The Morgan fingerprint density at radius 1 is 0.840 bits per heavy atom. The van der Waals surface area contributed by atoms with Crippen molar-refractivity contribution in [2.75, 3.05) is 0 Å². The van der Waals surface area contributed by atoms with Crippen LogP contribution in [0.1, 0.15) is 35.2 Å². The molecule has 3 aliphatic carbocycles. The van der Waals surface area contributed by atoms with Gasteiger partial charge in [-0.05, 0) is 60.6 Å². The molecule has 0 aromatic heterocycles. The molecule has 0 radical (unpaired) electrons. The molecule has 0 amide bonds. The van der Waals surface area contributed by atoms with E-state index >= 15 is 0 Å². The second-order valence-corrected chi connectivity index (χ2v) is 7.92. The minimum atomic E-state index is 0.0393. The average molecular weight is 369 g/mol. The Labute approximate surface area is 155 Å². The molecule has 1 saturated carbocycles. The third kappa shape index (κ3) is 2.11. The molecule has 25 heavy (non-hydrogen) atoms. The van der Waals surface area contributed by atoms with E-state index in [-0.39, 0.29) is 23.4 Å². The topological polar surface area (TPSA) is 34.1 Å². The van der Waals surface area contributed by atoms with Crippen molar-refractivity contribution in [1.29, 1.82) is 0 Å². The number of halogens is 2. The number of Topliss-reactive ketones (excluding diaryl/α,β-unsaturated/α-hetero) is 2. The predicted molar refractivity (Wildman–Crippen MR) is 99.0 cm³/mol. The van der Waals surface area contributed by atoms with Gasteiger partial charge in [-0.3, -0.25) is 9.59 Å². The van der Waals surface area contributed by atoms with Crippen LogP contribution < -0.4 is 0 Å². The van der Waals surface area contributed by atoms with E-state index in [1.54, 1.807) is 12.1 Å². The summed E-state index contributed by atoms with van der Waals surface area (Å²) in [5, 5.41) is 1.13. The minimum absolute atomic E-state index is 0.0393. The minimum Gasteiger partial charge on any atom is -0.294 e. The number of carbonyl (C=O) groups is 2. The number of hydrogen-bond acceptors (Lipinski definition) is 2. The van der Waals surface area contributed by atoms with Gasteiger partial charge in [-0.15, -0.1) is 0 Å². The lowest BCUT2D eigenvalue weighted by molar-refractivity contribution is -0.117. The summed E-state index contributed by atoms with van der Waals surface area (Å²) < 4.78 is 0.